The summed E-state index contributed by atoms with van der Waals surface area (Å²) in [4.78, 5) is 24.7. The van der Waals surface area contributed by atoms with Gasteiger partial charge in [-0.1, -0.05) is 17.8 Å². The second kappa shape index (κ2) is 9.06. The van der Waals surface area contributed by atoms with Crippen molar-refractivity contribution in [2.45, 2.75) is 0 Å². The van der Waals surface area contributed by atoms with Crippen LogP contribution in [0.4, 0.5) is 0 Å². The molecule has 1 fully saturated rings. The van der Waals surface area contributed by atoms with Gasteiger partial charge in [0.05, 0.1) is 25.3 Å². The number of phenolic OH excluding ortho intramolecular Hbond substituents is 2. The summed E-state index contributed by atoms with van der Waals surface area (Å²) in [5.41, 5.74) is 0.333. The average molecular weight is 460 g/mol. The lowest BCUT2D eigenvalue weighted by Crippen LogP contribution is -2.22. The number of aromatic hydroxyl groups is 2. The van der Waals surface area contributed by atoms with Gasteiger partial charge in [0, 0.05) is 11.6 Å². The normalized spacial score (nSPS) is 15.2. The summed E-state index contributed by atoms with van der Waals surface area (Å²) in [5, 5.41) is 33.8. The lowest BCUT2D eigenvalue weighted by atomic mass is 10.0. The monoisotopic (exact) mass is 460 g/mol. The van der Waals surface area contributed by atoms with E-state index in [9.17, 15) is 24.9 Å². The van der Waals surface area contributed by atoms with Crippen LogP contribution >= 0.6 is 24.0 Å². The van der Waals surface area contributed by atoms with E-state index >= 15 is 0 Å². The molecule has 31 heavy (non-hydrogen) atoms. The van der Waals surface area contributed by atoms with Crippen LogP contribution in [0.5, 0.6) is 23.0 Å². The molecular weight excluding hydrogens is 444 g/mol. The molecule has 0 unspecified atom stereocenters. The zero-order valence-corrected chi connectivity index (χ0v) is 17.9. The van der Waals surface area contributed by atoms with E-state index in [1.807, 2.05) is 0 Å². The first-order valence-corrected chi connectivity index (χ1v) is 9.81. The Balaban J connectivity index is 1.95. The molecule has 0 saturated carbocycles. The Labute approximate surface area is 186 Å². The van der Waals surface area contributed by atoms with Crippen molar-refractivity contribution >= 4 is 52.5 Å². The molecule has 1 heterocycles. The number of methoxy groups -OCH3 is 2. The van der Waals surface area contributed by atoms with E-state index in [2.05, 4.69) is 5.10 Å². The maximum atomic E-state index is 12.8. The van der Waals surface area contributed by atoms with Crippen molar-refractivity contribution in [2.24, 2.45) is 5.10 Å². The summed E-state index contributed by atoms with van der Waals surface area (Å²) in [7, 11) is 2.71. The minimum atomic E-state index is -1.25. The van der Waals surface area contributed by atoms with Gasteiger partial charge in [-0.25, -0.2) is 4.79 Å². The number of rotatable bonds is 6. The summed E-state index contributed by atoms with van der Waals surface area (Å²) in [6.45, 7) is 0. The molecule has 3 rings (SSSR count). The molecule has 11 heteroatoms. The van der Waals surface area contributed by atoms with E-state index in [4.69, 9.17) is 21.7 Å². The molecule has 0 atom stereocenters. The van der Waals surface area contributed by atoms with E-state index < -0.39 is 11.9 Å². The van der Waals surface area contributed by atoms with Gasteiger partial charge < -0.3 is 24.8 Å². The highest BCUT2D eigenvalue weighted by Gasteiger charge is 2.33. The third kappa shape index (κ3) is 4.47. The molecule has 3 N–H and O–H groups in total. The maximum absolute atomic E-state index is 12.8. The Morgan fingerprint density at radius 2 is 1.87 bits per heavy atom. The van der Waals surface area contributed by atoms with Gasteiger partial charge in [0.1, 0.15) is 17.1 Å². The highest BCUT2D eigenvalue weighted by molar-refractivity contribution is 8.26. The van der Waals surface area contributed by atoms with Gasteiger partial charge >= 0.3 is 5.97 Å². The van der Waals surface area contributed by atoms with Crippen LogP contribution < -0.4 is 9.47 Å². The largest absolute Gasteiger partial charge is 0.508 e. The first kappa shape index (κ1) is 22.1. The zero-order valence-electron chi connectivity index (χ0n) is 16.2. The molecule has 1 amide bonds. The number of carboxylic acids is 1. The minimum absolute atomic E-state index is 0.0278. The summed E-state index contributed by atoms with van der Waals surface area (Å²) in [6.07, 6.45) is 2.61. The van der Waals surface area contributed by atoms with E-state index in [0.29, 0.717) is 0 Å². The van der Waals surface area contributed by atoms with Crippen LogP contribution in [-0.2, 0) is 4.79 Å². The van der Waals surface area contributed by atoms with E-state index in [1.165, 1.54) is 50.8 Å². The van der Waals surface area contributed by atoms with Crippen LogP contribution in [0.3, 0.4) is 0 Å². The van der Waals surface area contributed by atoms with Crippen LogP contribution in [0.1, 0.15) is 21.5 Å². The minimum Gasteiger partial charge on any atom is -0.508 e. The first-order chi connectivity index (χ1) is 14.8. The molecule has 2 aromatic rings. The SMILES string of the molecule is COc1ccc(/C=C2/SC(=S)N(/N=C/c3ccc(O)cc3O)C2=O)c(C(=O)O)c1OC. The average Bonchev–Trinajstić information content (AvgIpc) is 2.99. The lowest BCUT2D eigenvalue weighted by Gasteiger charge is -2.12. The Kier molecular flexibility index (Phi) is 6.47. The van der Waals surface area contributed by atoms with Crippen LogP contribution in [0.15, 0.2) is 40.3 Å². The van der Waals surface area contributed by atoms with Gasteiger partial charge in [-0.15, -0.1) is 0 Å². The van der Waals surface area contributed by atoms with Crippen LogP contribution in [0.2, 0.25) is 0 Å². The van der Waals surface area contributed by atoms with Crippen molar-refractivity contribution in [3.05, 3.63) is 51.9 Å². The molecule has 0 aromatic heterocycles. The Hall–Kier alpha value is -3.57. The van der Waals surface area contributed by atoms with Gasteiger partial charge in [0.25, 0.3) is 5.91 Å². The number of hydrazone groups is 1. The van der Waals surface area contributed by atoms with Gasteiger partial charge in [-0.3, -0.25) is 4.79 Å². The third-order valence-electron chi connectivity index (χ3n) is 4.18. The second-order valence-corrected chi connectivity index (χ2v) is 7.73. The molecule has 9 nitrogen and oxygen atoms in total. The number of carbonyl (C=O) groups excluding carboxylic acids is 1. The number of phenols is 2. The van der Waals surface area contributed by atoms with Crippen LogP contribution in [0, 0.1) is 0 Å². The van der Waals surface area contributed by atoms with Crippen molar-refractivity contribution < 1.29 is 34.4 Å². The topological polar surface area (TPSA) is 129 Å². The number of amides is 1. The molecule has 0 aliphatic carbocycles. The van der Waals surface area contributed by atoms with Gasteiger partial charge in [0.15, 0.2) is 15.8 Å². The summed E-state index contributed by atoms with van der Waals surface area (Å²) in [5.74, 6) is -1.88. The van der Waals surface area contributed by atoms with Crippen molar-refractivity contribution in [2.75, 3.05) is 14.2 Å². The summed E-state index contributed by atoms with van der Waals surface area (Å²) < 4.78 is 10.4. The van der Waals surface area contributed by atoms with Crippen molar-refractivity contribution in [1.82, 2.24) is 5.01 Å². The molecule has 1 aliphatic heterocycles. The number of nitrogens with zero attached hydrogens (tertiary/aromatic N) is 2. The predicted molar refractivity (Wildman–Crippen MR) is 119 cm³/mol. The number of hydrogen-bond donors (Lipinski definition) is 3. The smallest absolute Gasteiger partial charge is 0.340 e. The Morgan fingerprint density at radius 3 is 2.48 bits per heavy atom. The second-order valence-electron chi connectivity index (χ2n) is 6.05. The number of aromatic carboxylic acids is 1. The van der Waals surface area contributed by atoms with Crippen molar-refractivity contribution in [3.8, 4) is 23.0 Å². The van der Waals surface area contributed by atoms with Gasteiger partial charge in [-0.05, 0) is 42.1 Å². The first-order valence-electron chi connectivity index (χ1n) is 8.59. The number of thiocarbonyl (C=S) groups is 1. The highest BCUT2D eigenvalue weighted by Crippen LogP contribution is 2.38. The quantitative estimate of drug-likeness (QED) is 0.338. The van der Waals surface area contributed by atoms with E-state index in [0.717, 1.165) is 22.8 Å². The number of carbonyl (C=O) groups is 2. The van der Waals surface area contributed by atoms with Crippen LogP contribution in [0.25, 0.3) is 6.08 Å². The van der Waals surface area contributed by atoms with Crippen LogP contribution in [-0.4, -0.2) is 57.0 Å². The third-order valence-corrected chi connectivity index (χ3v) is 5.46. The molecule has 1 saturated heterocycles. The number of thioether (sulfide) groups is 1. The molecular formula is C20H16N2O7S2. The molecule has 0 radical (unpaired) electrons. The molecule has 0 spiro atoms. The highest BCUT2D eigenvalue weighted by atomic mass is 32.2. The molecule has 1 aliphatic rings. The summed E-state index contributed by atoms with van der Waals surface area (Å²) >= 11 is 6.15. The fourth-order valence-electron chi connectivity index (χ4n) is 2.74. The van der Waals surface area contributed by atoms with Gasteiger partial charge in [-0.2, -0.15) is 10.1 Å². The predicted octanol–water partition coefficient (Wildman–Crippen LogP) is 3.05. The van der Waals surface area contributed by atoms with Gasteiger partial charge in [0.2, 0.25) is 0 Å². The molecule has 160 valence electrons. The zero-order chi connectivity index (χ0) is 22.7. The van der Waals surface area contributed by atoms with E-state index in [1.54, 1.807) is 0 Å². The van der Waals surface area contributed by atoms with E-state index in [-0.39, 0.29) is 48.9 Å². The Bertz CT molecular complexity index is 1140. The fourth-order valence-corrected chi connectivity index (χ4v) is 3.91. The number of ether oxygens (including phenoxy) is 2. The number of carboxylic acid groups (broad SMARTS) is 1. The summed E-state index contributed by atoms with van der Waals surface area (Å²) in [6, 6.07) is 6.94. The van der Waals surface area contributed by atoms with Crippen molar-refractivity contribution in [1.29, 1.82) is 0 Å². The number of benzene rings is 2. The lowest BCUT2D eigenvalue weighted by molar-refractivity contribution is -0.122. The van der Waals surface area contributed by atoms with Crippen molar-refractivity contribution in [3.63, 3.8) is 0 Å². The molecule has 2 aromatic carbocycles. The standard InChI is InChI=1S/C20H16N2O7S2/c1-28-14-6-4-10(16(19(26)27)17(14)29-2)7-15-18(25)22(20(30)31-15)21-9-11-3-5-12(23)8-13(11)24/h3-9,23-24H,1-2H3,(H,26,27)/b15-7+,21-9+. The number of hydrogen-bond acceptors (Lipinski definition) is 9. The fraction of sp³-hybridized carbons (Fsp3) is 0.100. The molecule has 0 bridgehead atoms. The Morgan fingerprint density at radius 1 is 1.16 bits per heavy atom. The maximum Gasteiger partial charge on any atom is 0.340 e.